The van der Waals surface area contributed by atoms with Gasteiger partial charge >= 0.3 is 5.97 Å². The number of nitrogens with zero attached hydrogens (tertiary/aromatic N) is 2. The van der Waals surface area contributed by atoms with Gasteiger partial charge < -0.3 is 64.5 Å². The van der Waals surface area contributed by atoms with Crippen LogP contribution in [0.1, 0.15) is 139 Å². The molecule has 0 aliphatic carbocycles. The van der Waals surface area contributed by atoms with Crippen LogP contribution in [-0.4, -0.2) is 174 Å². The van der Waals surface area contributed by atoms with Crippen molar-refractivity contribution in [3.8, 4) is 0 Å². The smallest absolute Gasteiger partial charge is 0.311 e. The monoisotopic (exact) mass is 997 g/mol. The summed E-state index contributed by atoms with van der Waals surface area (Å²) in [6, 6.07) is 6.40. The van der Waals surface area contributed by atoms with Gasteiger partial charge in [-0.3, -0.25) is 24.5 Å². The number of carbonyl (C=O) groups excluding carboxylic acids is 3. The molecule has 19 nitrogen and oxygen atoms in total. The van der Waals surface area contributed by atoms with Crippen LogP contribution in [0.2, 0.25) is 0 Å². The Balaban J connectivity index is 1.61. The van der Waals surface area contributed by atoms with Gasteiger partial charge in [0.05, 0.1) is 41.5 Å². The molecule has 3 aliphatic heterocycles. The Morgan fingerprint density at radius 2 is 1.47 bits per heavy atom. The minimum absolute atomic E-state index is 0.118. The summed E-state index contributed by atoms with van der Waals surface area (Å²) >= 11 is 0. The van der Waals surface area contributed by atoms with Crippen molar-refractivity contribution in [3.63, 3.8) is 0 Å². The fourth-order valence-corrected chi connectivity index (χ4v) is 10.8. The van der Waals surface area contributed by atoms with E-state index in [0.717, 1.165) is 18.4 Å². The van der Waals surface area contributed by atoms with Gasteiger partial charge in [-0.15, -0.1) is 0 Å². The first kappa shape index (κ1) is 59.7. The fourth-order valence-electron chi connectivity index (χ4n) is 10.8. The maximum Gasteiger partial charge on any atom is 0.311 e. The van der Waals surface area contributed by atoms with Gasteiger partial charge in [0.15, 0.2) is 12.6 Å². The average Bonchev–Trinajstić information content (AvgIpc) is 3.28. The standard InChI is InChI=1S/C51H88N4O15/c1-13-38-51(10,64)44(59)33(6)54(11)27-29(2)25-50(9,63)46(31(4)43(32(5)47(61)68-38)69-41-26-49(8,62)45(60)34(7)67-41)70-48-42(58)37(24-30(3)66-48)55(12)28-35-20-22-36(23-21-35)52-39(56)18-16-14-15-17-19-40(57)53-65/h20-23,29-34,37-38,41-46,48,58-60,62-65H,13-19,24-28H2,1-12H3,(H,52,56)(H,53,57)/t29-,30-,31+,32-,33-,34+,37+,38-,41+,42+,43+,44-,45+,46-,48+,49-,50-,51-/m1/s1. The Hall–Kier alpha value is -2.89. The highest BCUT2D eigenvalue weighted by molar-refractivity contribution is 5.90. The number of rotatable bonds is 16. The maximum atomic E-state index is 14.4. The molecule has 0 radical (unpaired) electrons. The van der Waals surface area contributed by atoms with Crippen LogP contribution in [0.15, 0.2) is 24.3 Å². The van der Waals surface area contributed by atoms with E-state index in [9.17, 15) is 45.0 Å². The highest BCUT2D eigenvalue weighted by Gasteiger charge is 2.52. The van der Waals surface area contributed by atoms with Gasteiger partial charge in [-0.05, 0) is 118 Å². The van der Waals surface area contributed by atoms with Crippen molar-refractivity contribution >= 4 is 23.5 Å². The van der Waals surface area contributed by atoms with Crippen LogP contribution >= 0.6 is 0 Å². The number of nitrogens with one attached hydrogen (secondary N) is 2. The summed E-state index contributed by atoms with van der Waals surface area (Å²) in [6.45, 7) is 17.7. The van der Waals surface area contributed by atoms with Crippen LogP contribution in [0, 0.1) is 17.8 Å². The third-order valence-corrected chi connectivity index (χ3v) is 15.0. The van der Waals surface area contributed by atoms with Crippen LogP contribution in [0.5, 0.6) is 0 Å². The lowest BCUT2D eigenvalue weighted by Gasteiger charge is -2.48. The van der Waals surface area contributed by atoms with Gasteiger partial charge in [0, 0.05) is 56.0 Å². The lowest BCUT2D eigenvalue weighted by Crippen LogP contribution is -2.60. The predicted molar refractivity (Wildman–Crippen MR) is 260 cm³/mol. The first-order chi connectivity index (χ1) is 32.6. The van der Waals surface area contributed by atoms with Crippen molar-refractivity contribution in [1.29, 1.82) is 0 Å². The van der Waals surface area contributed by atoms with Crippen LogP contribution in [0.25, 0.3) is 0 Å². The maximum absolute atomic E-state index is 14.4. The molecular weight excluding hydrogens is 909 g/mol. The molecule has 1 aromatic carbocycles. The number of esters is 1. The molecule has 3 saturated heterocycles. The molecule has 0 saturated carbocycles. The molecule has 0 bridgehead atoms. The summed E-state index contributed by atoms with van der Waals surface area (Å²) in [6.07, 6.45) is -6.82. The molecular formula is C51H88N4O15. The number of aliphatic hydroxyl groups is 6. The zero-order valence-corrected chi connectivity index (χ0v) is 43.7. The topological polar surface area (TPSA) is 270 Å². The average molecular weight is 997 g/mol. The van der Waals surface area contributed by atoms with Crippen molar-refractivity contribution in [2.75, 3.05) is 26.0 Å². The number of carbonyl (C=O) groups is 3. The minimum Gasteiger partial charge on any atom is -0.459 e. The van der Waals surface area contributed by atoms with Crippen LogP contribution in [-0.2, 0) is 44.6 Å². The molecule has 18 atom stereocenters. The third kappa shape index (κ3) is 15.8. The van der Waals surface area contributed by atoms with E-state index in [4.69, 9.17) is 28.9 Å². The Labute approximate surface area is 415 Å². The number of hydrogen-bond donors (Lipinski definition) is 9. The van der Waals surface area contributed by atoms with Crippen molar-refractivity contribution in [3.05, 3.63) is 29.8 Å². The quantitative estimate of drug-likeness (QED) is 0.0496. The molecule has 3 aliphatic rings. The molecule has 2 amide bonds. The molecule has 0 unspecified atom stereocenters. The Morgan fingerprint density at radius 1 is 0.857 bits per heavy atom. The summed E-state index contributed by atoms with van der Waals surface area (Å²) in [5.74, 6) is -3.51. The molecule has 19 heteroatoms. The molecule has 3 heterocycles. The number of cyclic esters (lactones) is 1. The van der Waals surface area contributed by atoms with E-state index >= 15 is 0 Å². The Bertz CT molecular complexity index is 1800. The van der Waals surface area contributed by atoms with Gasteiger partial charge in [0.1, 0.15) is 30.0 Å². The van der Waals surface area contributed by atoms with Crippen molar-refractivity contribution in [1.82, 2.24) is 15.3 Å². The van der Waals surface area contributed by atoms with E-state index in [-0.39, 0.29) is 37.5 Å². The number of hydrogen-bond acceptors (Lipinski definition) is 17. The second-order valence-corrected chi connectivity index (χ2v) is 21.7. The largest absolute Gasteiger partial charge is 0.459 e. The van der Waals surface area contributed by atoms with Gasteiger partial charge in [0.2, 0.25) is 11.8 Å². The minimum atomic E-state index is -1.86. The number of amides is 2. The van der Waals surface area contributed by atoms with E-state index < -0.39 is 114 Å². The zero-order chi connectivity index (χ0) is 52.5. The molecule has 4 rings (SSSR count). The Kier molecular flexibility index (Phi) is 22.0. The van der Waals surface area contributed by atoms with Gasteiger partial charge in [-0.2, -0.15) is 0 Å². The van der Waals surface area contributed by atoms with Gasteiger partial charge in [0.25, 0.3) is 0 Å². The zero-order valence-electron chi connectivity index (χ0n) is 43.7. The molecule has 0 spiro atoms. The van der Waals surface area contributed by atoms with E-state index in [1.807, 2.05) is 62.0 Å². The first-order valence-electron chi connectivity index (χ1n) is 25.4. The van der Waals surface area contributed by atoms with E-state index in [1.165, 1.54) is 13.8 Å². The number of aliphatic hydroxyl groups excluding tert-OH is 3. The highest BCUT2D eigenvalue weighted by Crippen LogP contribution is 2.40. The highest BCUT2D eigenvalue weighted by atomic mass is 16.7. The Morgan fingerprint density at radius 3 is 2.06 bits per heavy atom. The van der Waals surface area contributed by atoms with Crippen molar-refractivity contribution in [2.45, 2.75) is 230 Å². The molecule has 402 valence electrons. The second kappa shape index (κ2) is 25.9. The lowest BCUT2D eigenvalue weighted by molar-refractivity contribution is -0.317. The van der Waals surface area contributed by atoms with E-state index in [2.05, 4.69) is 5.32 Å². The molecule has 9 N–H and O–H groups in total. The van der Waals surface area contributed by atoms with E-state index in [0.29, 0.717) is 44.5 Å². The third-order valence-electron chi connectivity index (χ3n) is 15.0. The summed E-state index contributed by atoms with van der Waals surface area (Å²) < 4.78 is 32.0. The van der Waals surface area contributed by atoms with Crippen molar-refractivity contribution < 1.29 is 73.9 Å². The number of anilines is 1. The number of hydroxylamine groups is 1. The van der Waals surface area contributed by atoms with Crippen LogP contribution in [0.4, 0.5) is 5.69 Å². The molecule has 1 aromatic rings. The number of unbranched alkanes of at least 4 members (excludes halogenated alkanes) is 3. The van der Waals surface area contributed by atoms with Gasteiger partial charge in [-0.1, -0.05) is 45.7 Å². The number of benzene rings is 1. The normalized spacial score (nSPS) is 39.7. The summed E-state index contributed by atoms with van der Waals surface area (Å²) in [4.78, 5) is 42.1. The molecule has 3 fully saturated rings. The lowest BCUT2D eigenvalue weighted by atomic mass is 9.77. The van der Waals surface area contributed by atoms with Crippen LogP contribution in [0.3, 0.4) is 0 Å². The molecule has 0 aromatic heterocycles. The summed E-state index contributed by atoms with van der Waals surface area (Å²) in [5, 5.41) is 81.9. The SMILES string of the molecule is CC[C@H]1OC(=O)[C@H](C)[C@@H](O[C@H]2C[C@@](C)(O)[C@@H](O)[C@H](C)O2)[C@H](C)[C@@H](O[C@@H]2O[C@H](C)C[C@H](N(C)Cc3ccc(NC(=O)CCCCCCC(=O)NO)cc3)[C@@H]2O)[C@](C)(O)C[C@@H](C)CN(C)[C@H](C)[C@@H](O)[C@]1(C)O. The predicted octanol–water partition coefficient (Wildman–Crippen LogP) is 3.60. The molecule has 70 heavy (non-hydrogen) atoms. The summed E-state index contributed by atoms with van der Waals surface area (Å²) in [7, 11) is 3.71. The van der Waals surface area contributed by atoms with Crippen molar-refractivity contribution in [2.24, 2.45) is 17.8 Å². The number of ether oxygens (including phenoxy) is 5. The first-order valence-corrected chi connectivity index (χ1v) is 25.4. The fraction of sp³-hybridized carbons (Fsp3) is 0.824. The summed E-state index contributed by atoms with van der Waals surface area (Å²) in [5.41, 5.74) is -1.96. The second-order valence-electron chi connectivity index (χ2n) is 21.7. The van der Waals surface area contributed by atoms with Gasteiger partial charge in [-0.25, -0.2) is 5.48 Å². The van der Waals surface area contributed by atoms with Crippen LogP contribution < -0.4 is 10.8 Å². The number of likely N-dealkylation sites (N-methyl/N-ethyl adjacent to an activating group) is 2. The van der Waals surface area contributed by atoms with E-state index in [1.54, 1.807) is 47.0 Å².